The number of likely N-dealkylation sites (tertiary alicyclic amines) is 1. The lowest BCUT2D eigenvalue weighted by Crippen LogP contribution is -3.14. The van der Waals surface area contributed by atoms with Gasteiger partial charge < -0.3 is 14.7 Å². The Bertz CT molecular complexity index is 405. The van der Waals surface area contributed by atoms with Crippen LogP contribution in [-0.4, -0.2) is 37.5 Å². The third-order valence-corrected chi connectivity index (χ3v) is 3.89. The molecule has 0 saturated carbocycles. The van der Waals surface area contributed by atoms with Crippen LogP contribution in [0.4, 0.5) is 0 Å². The van der Waals surface area contributed by atoms with E-state index in [0.717, 1.165) is 17.9 Å². The van der Waals surface area contributed by atoms with Crippen LogP contribution in [0.1, 0.15) is 24.8 Å². The molecule has 0 aliphatic carbocycles. The maximum atomic E-state index is 10.0. The van der Waals surface area contributed by atoms with E-state index in [1.54, 1.807) is 0 Å². The molecule has 1 heterocycles. The van der Waals surface area contributed by atoms with E-state index < -0.39 is 6.10 Å². The molecule has 3 nitrogen and oxygen atoms in total. The van der Waals surface area contributed by atoms with Gasteiger partial charge in [0.25, 0.3) is 0 Å². The van der Waals surface area contributed by atoms with Gasteiger partial charge in [0, 0.05) is 5.02 Å². The third-order valence-electron chi connectivity index (χ3n) is 3.65. The van der Waals surface area contributed by atoms with Crippen LogP contribution in [-0.2, 0) is 0 Å². The minimum absolute atomic E-state index is 0.353. The molecule has 4 heteroatoms. The zero-order valence-corrected chi connectivity index (χ0v) is 12.2. The van der Waals surface area contributed by atoms with E-state index in [4.69, 9.17) is 16.3 Å². The standard InChI is InChI=1S/C15H22ClNO2/c1-12-9-13(16)5-6-15(12)19-11-14(18)10-17-7-3-2-4-8-17/h5-6,9,14,18H,2-4,7-8,10-11H2,1H3/p+1/t14-/m1/s1. The smallest absolute Gasteiger partial charge is 0.137 e. The first-order valence-corrected chi connectivity index (χ1v) is 7.43. The molecular weight excluding hydrogens is 262 g/mol. The van der Waals surface area contributed by atoms with Crippen molar-refractivity contribution in [2.24, 2.45) is 0 Å². The zero-order chi connectivity index (χ0) is 13.7. The zero-order valence-electron chi connectivity index (χ0n) is 11.5. The van der Waals surface area contributed by atoms with Crippen molar-refractivity contribution in [2.75, 3.05) is 26.2 Å². The number of rotatable bonds is 5. The Labute approximate surface area is 120 Å². The summed E-state index contributed by atoms with van der Waals surface area (Å²) in [4.78, 5) is 1.50. The number of aliphatic hydroxyl groups is 1. The van der Waals surface area contributed by atoms with Crippen molar-refractivity contribution < 1.29 is 14.7 Å². The van der Waals surface area contributed by atoms with Gasteiger partial charge in [-0.1, -0.05) is 11.6 Å². The summed E-state index contributed by atoms with van der Waals surface area (Å²) in [6.45, 7) is 5.45. The predicted molar refractivity (Wildman–Crippen MR) is 77.1 cm³/mol. The van der Waals surface area contributed by atoms with Crippen molar-refractivity contribution in [1.29, 1.82) is 0 Å². The normalized spacial score (nSPS) is 18.3. The van der Waals surface area contributed by atoms with Gasteiger partial charge in [-0.2, -0.15) is 0 Å². The lowest BCUT2D eigenvalue weighted by Gasteiger charge is -2.25. The van der Waals surface area contributed by atoms with Crippen LogP contribution in [0.3, 0.4) is 0 Å². The van der Waals surface area contributed by atoms with Crippen LogP contribution in [0.2, 0.25) is 5.02 Å². The van der Waals surface area contributed by atoms with E-state index in [-0.39, 0.29) is 0 Å². The number of hydrogen-bond acceptors (Lipinski definition) is 2. The van der Waals surface area contributed by atoms with Crippen molar-refractivity contribution in [1.82, 2.24) is 0 Å². The molecule has 0 unspecified atom stereocenters. The molecule has 1 aliphatic rings. The molecule has 106 valence electrons. The largest absolute Gasteiger partial charge is 0.490 e. The summed E-state index contributed by atoms with van der Waals surface area (Å²) in [6.07, 6.45) is 3.49. The molecule has 2 N–H and O–H groups in total. The Morgan fingerprint density at radius 3 is 2.74 bits per heavy atom. The highest BCUT2D eigenvalue weighted by atomic mass is 35.5. The second-order valence-corrected chi connectivity index (χ2v) is 5.83. The molecule has 19 heavy (non-hydrogen) atoms. The van der Waals surface area contributed by atoms with Crippen molar-refractivity contribution in [3.8, 4) is 5.75 Å². The Hall–Kier alpha value is -0.770. The highest BCUT2D eigenvalue weighted by Gasteiger charge is 2.18. The molecular formula is C15H23ClNO2+. The molecule has 1 aromatic rings. The molecule has 1 fully saturated rings. The van der Waals surface area contributed by atoms with Crippen molar-refractivity contribution in [3.63, 3.8) is 0 Å². The van der Waals surface area contributed by atoms with Crippen LogP contribution in [0, 0.1) is 6.92 Å². The monoisotopic (exact) mass is 284 g/mol. The topological polar surface area (TPSA) is 33.9 Å². The quantitative estimate of drug-likeness (QED) is 0.858. The first kappa shape index (κ1) is 14.6. The Morgan fingerprint density at radius 2 is 2.05 bits per heavy atom. The molecule has 2 rings (SSSR count). The van der Waals surface area contributed by atoms with Gasteiger partial charge in [-0.15, -0.1) is 0 Å². The number of hydrogen-bond donors (Lipinski definition) is 2. The maximum Gasteiger partial charge on any atom is 0.137 e. The average Bonchev–Trinajstić information content (AvgIpc) is 2.39. The number of piperidine rings is 1. The van der Waals surface area contributed by atoms with Gasteiger partial charge >= 0.3 is 0 Å². The number of nitrogens with one attached hydrogen (secondary N) is 1. The summed E-state index contributed by atoms with van der Waals surface area (Å²) in [6, 6.07) is 5.55. The minimum Gasteiger partial charge on any atom is -0.490 e. The van der Waals surface area contributed by atoms with Crippen molar-refractivity contribution in [3.05, 3.63) is 28.8 Å². The summed E-state index contributed by atoms with van der Waals surface area (Å²) >= 11 is 5.90. The van der Waals surface area contributed by atoms with Gasteiger partial charge in [0.2, 0.25) is 0 Å². The second-order valence-electron chi connectivity index (χ2n) is 5.39. The number of quaternary nitrogens is 1. The molecule has 0 aromatic heterocycles. The van der Waals surface area contributed by atoms with Crippen LogP contribution in [0.25, 0.3) is 0 Å². The summed E-state index contributed by atoms with van der Waals surface area (Å²) in [5, 5.41) is 10.7. The molecule has 1 atom stereocenters. The maximum absolute atomic E-state index is 10.0. The lowest BCUT2D eigenvalue weighted by atomic mass is 10.1. The van der Waals surface area contributed by atoms with E-state index in [1.165, 1.54) is 37.3 Å². The molecule has 1 aromatic carbocycles. The second kappa shape index (κ2) is 7.13. The number of halogens is 1. The lowest BCUT2D eigenvalue weighted by molar-refractivity contribution is -0.908. The fraction of sp³-hybridized carbons (Fsp3) is 0.600. The summed E-state index contributed by atoms with van der Waals surface area (Å²) in [5.41, 5.74) is 1.00. The van der Waals surface area contributed by atoms with Crippen LogP contribution in [0.5, 0.6) is 5.75 Å². The van der Waals surface area contributed by atoms with Gasteiger partial charge in [-0.25, -0.2) is 0 Å². The van der Waals surface area contributed by atoms with Gasteiger partial charge in [0.1, 0.15) is 25.0 Å². The summed E-state index contributed by atoms with van der Waals surface area (Å²) in [7, 11) is 0. The fourth-order valence-electron chi connectivity index (χ4n) is 2.61. The Kier molecular flexibility index (Phi) is 5.49. The van der Waals surface area contributed by atoms with Crippen molar-refractivity contribution >= 4 is 11.6 Å². The fourth-order valence-corrected chi connectivity index (χ4v) is 2.84. The van der Waals surface area contributed by atoms with Crippen molar-refractivity contribution in [2.45, 2.75) is 32.3 Å². The third kappa shape index (κ3) is 4.68. The van der Waals surface area contributed by atoms with E-state index in [1.807, 2.05) is 25.1 Å². The van der Waals surface area contributed by atoms with E-state index in [2.05, 4.69) is 0 Å². The molecule has 0 radical (unpaired) electrons. The van der Waals surface area contributed by atoms with Crippen LogP contribution < -0.4 is 9.64 Å². The van der Waals surface area contributed by atoms with Gasteiger partial charge in [-0.3, -0.25) is 0 Å². The highest BCUT2D eigenvalue weighted by Crippen LogP contribution is 2.21. The van der Waals surface area contributed by atoms with E-state index in [0.29, 0.717) is 11.6 Å². The summed E-state index contributed by atoms with van der Waals surface area (Å²) < 4.78 is 5.67. The van der Waals surface area contributed by atoms with E-state index >= 15 is 0 Å². The van der Waals surface area contributed by atoms with Crippen LogP contribution in [0.15, 0.2) is 18.2 Å². The minimum atomic E-state index is -0.400. The molecule has 1 saturated heterocycles. The van der Waals surface area contributed by atoms with Gasteiger partial charge in [-0.05, 0) is 49.9 Å². The molecule has 0 bridgehead atoms. The molecule has 1 aliphatic heterocycles. The predicted octanol–water partition coefficient (Wildman–Crippen LogP) is 1.46. The van der Waals surface area contributed by atoms with Gasteiger partial charge in [0.15, 0.2) is 0 Å². The number of ether oxygens (including phenoxy) is 1. The first-order valence-electron chi connectivity index (χ1n) is 7.06. The SMILES string of the molecule is Cc1cc(Cl)ccc1OC[C@H](O)C[NH+]1CCCCC1. The number of aryl methyl sites for hydroxylation is 1. The average molecular weight is 285 g/mol. The number of benzene rings is 1. The van der Waals surface area contributed by atoms with Gasteiger partial charge in [0.05, 0.1) is 13.1 Å². The number of aliphatic hydroxyl groups excluding tert-OH is 1. The van der Waals surface area contributed by atoms with E-state index in [9.17, 15) is 5.11 Å². The highest BCUT2D eigenvalue weighted by molar-refractivity contribution is 6.30. The molecule has 0 spiro atoms. The Balaban J connectivity index is 1.77. The van der Waals surface area contributed by atoms with Crippen LogP contribution >= 0.6 is 11.6 Å². The first-order chi connectivity index (χ1) is 9.15. The molecule has 0 amide bonds. The Morgan fingerprint density at radius 1 is 1.32 bits per heavy atom. The summed E-state index contributed by atoms with van der Waals surface area (Å²) in [5.74, 6) is 0.803.